The van der Waals surface area contributed by atoms with Gasteiger partial charge in [-0.05, 0) is 24.3 Å². The molecule has 2 aromatic rings. The Morgan fingerprint density at radius 3 is 2.21 bits per heavy atom. The second kappa shape index (κ2) is 9.52. The molecule has 0 unspecified atom stereocenters. The van der Waals surface area contributed by atoms with Crippen LogP contribution in [-0.2, 0) is 0 Å². The summed E-state index contributed by atoms with van der Waals surface area (Å²) in [7, 11) is 2.93. The van der Waals surface area contributed by atoms with Crippen molar-refractivity contribution in [3.63, 3.8) is 0 Å². The molecule has 0 aliphatic rings. The van der Waals surface area contributed by atoms with Crippen LogP contribution in [0.3, 0.4) is 0 Å². The van der Waals surface area contributed by atoms with Crippen LogP contribution >= 0.6 is 11.6 Å². The Bertz CT molecular complexity index is 896. The third kappa shape index (κ3) is 5.08. The number of rotatable bonds is 7. The van der Waals surface area contributed by atoms with Gasteiger partial charge in [0.05, 0.1) is 5.02 Å². The SMILES string of the molecule is C=CCOc1ccc(Cl)c(C(=O)Nc2cc(C(=O)NC)cc(C(=O)NC)c2)n1. The van der Waals surface area contributed by atoms with Crippen LogP contribution in [-0.4, -0.2) is 43.4 Å². The van der Waals surface area contributed by atoms with E-state index in [-0.39, 0.29) is 40.0 Å². The molecule has 28 heavy (non-hydrogen) atoms. The molecule has 1 aromatic heterocycles. The fraction of sp³-hybridized carbons (Fsp3) is 0.158. The highest BCUT2D eigenvalue weighted by molar-refractivity contribution is 6.34. The van der Waals surface area contributed by atoms with Gasteiger partial charge in [-0.1, -0.05) is 24.3 Å². The van der Waals surface area contributed by atoms with Crippen LogP contribution < -0.4 is 20.7 Å². The summed E-state index contributed by atoms with van der Waals surface area (Å²) in [6, 6.07) is 7.31. The number of ether oxygens (including phenoxy) is 1. The average molecular weight is 403 g/mol. The first kappa shape index (κ1) is 20.9. The lowest BCUT2D eigenvalue weighted by Gasteiger charge is -2.11. The summed E-state index contributed by atoms with van der Waals surface area (Å²) < 4.78 is 5.31. The zero-order chi connectivity index (χ0) is 20.7. The first-order chi connectivity index (χ1) is 13.4. The first-order valence-electron chi connectivity index (χ1n) is 8.20. The number of halogens is 1. The van der Waals surface area contributed by atoms with Gasteiger partial charge in [-0.3, -0.25) is 14.4 Å². The number of hydrogen-bond donors (Lipinski definition) is 3. The lowest BCUT2D eigenvalue weighted by atomic mass is 10.1. The van der Waals surface area contributed by atoms with Crippen LogP contribution in [0.15, 0.2) is 43.0 Å². The quantitative estimate of drug-likeness (QED) is 0.615. The van der Waals surface area contributed by atoms with E-state index in [0.29, 0.717) is 0 Å². The molecule has 0 aliphatic heterocycles. The molecule has 1 aromatic carbocycles. The third-order valence-corrected chi connectivity index (χ3v) is 3.86. The molecule has 0 aliphatic carbocycles. The maximum atomic E-state index is 12.6. The van der Waals surface area contributed by atoms with Gasteiger partial charge in [0.1, 0.15) is 6.61 Å². The molecule has 1 heterocycles. The van der Waals surface area contributed by atoms with Crippen molar-refractivity contribution in [2.45, 2.75) is 0 Å². The van der Waals surface area contributed by atoms with E-state index in [1.807, 2.05) is 0 Å². The monoisotopic (exact) mass is 402 g/mol. The minimum absolute atomic E-state index is 0.0601. The maximum Gasteiger partial charge on any atom is 0.275 e. The molecular weight excluding hydrogens is 384 g/mol. The van der Waals surface area contributed by atoms with Crippen LogP contribution in [0.25, 0.3) is 0 Å². The summed E-state index contributed by atoms with van der Waals surface area (Å²) in [4.78, 5) is 40.6. The minimum Gasteiger partial charge on any atom is -0.473 e. The van der Waals surface area contributed by atoms with Crippen LogP contribution in [0, 0.1) is 0 Å². The summed E-state index contributed by atoms with van der Waals surface area (Å²) in [5.41, 5.74) is 0.595. The Morgan fingerprint density at radius 1 is 1.07 bits per heavy atom. The summed E-state index contributed by atoms with van der Waals surface area (Å²) in [5.74, 6) is -1.22. The van der Waals surface area contributed by atoms with Gasteiger partial charge >= 0.3 is 0 Å². The second-order valence-electron chi connectivity index (χ2n) is 5.49. The van der Waals surface area contributed by atoms with E-state index in [4.69, 9.17) is 16.3 Å². The van der Waals surface area contributed by atoms with Crippen LogP contribution in [0.2, 0.25) is 5.02 Å². The van der Waals surface area contributed by atoms with E-state index in [0.717, 1.165) is 0 Å². The van der Waals surface area contributed by atoms with Gasteiger partial charge < -0.3 is 20.7 Å². The molecule has 146 valence electrons. The lowest BCUT2D eigenvalue weighted by Crippen LogP contribution is -2.22. The summed E-state index contributed by atoms with van der Waals surface area (Å²) in [6.45, 7) is 3.76. The van der Waals surface area contributed by atoms with E-state index in [1.54, 1.807) is 6.08 Å². The highest BCUT2D eigenvalue weighted by atomic mass is 35.5. The van der Waals surface area contributed by atoms with E-state index in [9.17, 15) is 14.4 Å². The summed E-state index contributed by atoms with van der Waals surface area (Å²) in [6.07, 6.45) is 1.54. The fourth-order valence-electron chi connectivity index (χ4n) is 2.25. The van der Waals surface area contributed by atoms with Gasteiger partial charge in [0.2, 0.25) is 5.88 Å². The Balaban J connectivity index is 2.36. The molecule has 2 rings (SSSR count). The molecule has 3 amide bonds. The molecule has 3 N–H and O–H groups in total. The van der Waals surface area contributed by atoms with Crippen molar-refractivity contribution < 1.29 is 19.1 Å². The topological polar surface area (TPSA) is 109 Å². The van der Waals surface area contributed by atoms with Gasteiger partial charge in [-0.2, -0.15) is 0 Å². The molecule has 0 spiro atoms. The number of carbonyl (C=O) groups excluding carboxylic acids is 3. The van der Waals surface area contributed by atoms with Crippen molar-refractivity contribution in [1.29, 1.82) is 0 Å². The third-order valence-electron chi connectivity index (χ3n) is 3.55. The highest BCUT2D eigenvalue weighted by Crippen LogP contribution is 2.21. The van der Waals surface area contributed by atoms with Crippen LogP contribution in [0.4, 0.5) is 5.69 Å². The van der Waals surface area contributed by atoms with Crippen molar-refractivity contribution in [2.75, 3.05) is 26.0 Å². The molecule has 0 fully saturated rings. The van der Waals surface area contributed by atoms with Gasteiger partial charge in [0, 0.05) is 37.0 Å². The van der Waals surface area contributed by atoms with Crippen LogP contribution in [0.5, 0.6) is 5.88 Å². The summed E-state index contributed by atoms with van der Waals surface area (Å²) in [5, 5.41) is 7.67. The van der Waals surface area contributed by atoms with Gasteiger partial charge in [-0.25, -0.2) is 4.98 Å². The van der Waals surface area contributed by atoms with Gasteiger partial charge in [0.25, 0.3) is 17.7 Å². The van der Waals surface area contributed by atoms with E-state index < -0.39 is 17.7 Å². The molecule has 0 saturated heterocycles. The molecule has 0 bridgehead atoms. The molecular formula is C19H19ClN4O4. The molecule has 8 nitrogen and oxygen atoms in total. The molecule has 0 saturated carbocycles. The Hall–Kier alpha value is -3.39. The smallest absolute Gasteiger partial charge is 0.275 e. The molecule has 0 atom stereocenters. The second-order valence-corrected chi connectivity index (χ2v) is 5.90. The number of carbonyl (C=O) groups is 3. The normalized spacial score (nSPS) is 9.96. The zero-order valence-corrected chi connectivity index (χ0v) is 16.1. The average Bonchev–Trinajstić information content (AvgIpc) is 2.71. The number of nitrogens with zero attached hydrogens (tertiary/aromatic N) is 1. The Kier molecular flexibility index (Phi) is 7.11. The Labute approximate surface area is 166 Å². The van der Waals surface area contributed by atoms with E-state index >= 15 is 0 Å². The van der Waals surface area contributed by atoms with E-state index in [2.05, 4.69) is 27.5 Å². The minimum atomic E-state index is -0.619. The predicted molar refractivity (Wildman–Crippen MR) is 106 cm³/mol. The van der Waals surface area contributed by atoms with Gasteiger partial charge in [0.15, 0.2) is 5.69 Å². The summed E-state index contributed by atoms with van der Waals surface area (Å²) >= 11 is 6.07. The maximum absolute atomic E-state index is 12.6. The lowest BCUT2D eigenvalue weighted by molar-refractivity contribution is 0.0960. The molecule has 9 heteroatoms. The number of aromatic nitrogens is 1. The number of nitrogens with one attached hydrogen (secondary N) is 3. The largest absolute Gasteiger partial charge is 0.473 e. The van der Waals surface area contributed by atoms with Crippen molar-refractivity contribution in [1.82, 2.24) is 15.6 Å². The van der Waals surface area contributed by atoms with Crippen molar-refractivity contribution in [3.8, 4) is 5.88 Å². The highest BCUT2D eigenvalue weighted by Gasteiger charge is 2.17. The fourth-order valence-corrected chi connectivity index (χ4v) is 2.44. The predicted octanol–water partition coefficient (Wildman–Crippen LogP) is 2.27. The van der Waals surface area contributed by atoms with Crippen molar-refractivity contribution in [2.24, 2.45) is 0 Å². The van der Waals surface area contributed by atoms with E-state index in [1.165, 1.54) is 44.4 Å². The first-order valence-corrected chi connectivity index (χ1v) is 8.58. The van der Waals surface area contributed by atoms with Crippen molar-refractivity contribution >= 4 is 35.0 Å². The number of anilines is 1. The number of amides is 3. The standard InChI is InChI=1S/C19H19ClN4O4/c1-4-7-28-15-6-5-14(20)16(24-15)19(27)23-13-9-11(17(25)21-2)8-12(10-13)18(26)22-3/h4-6,8-10H,1,7H2,2-3H3,(H,21,25)(H,22,26)(H,23,27). The number of hydrogen-bond acceptors (Lipinski definition) is 5. The van der Waals surface area contributed by atoms with Crippen molar-refractivity contribution in [3.05, 3.63) is 64.8 Å². The number of pyridine rings is 1. The zero-order valence-electron chi connectivity index (χ0n) is 15.3. The Morgan fingerprint density at radius 2 is 1.68 bits per heavy atom. The van der Waals surface area contributed by atoms with Crippen LogP contribution in [0.1, 0.15) is 31.2 Å². The number of benzene rings is 1. The van der Waals surface area contributed by atoms with Gasteiger partial charge in [-0.15, -0.1) is 0 Å². The molecule has 0 radical (unpaired) electrons.